The van der Waals surface area contributed by atoms with Gasteiger partial charge in [-0.3, -0.25) is 4.79 Å². The Balaban J connectivity index is 2.06. The van der Waals surface area contributed by atoms with Crippen molar-refractivity contribution in [2.45, 2.75) is 49.4 Å². The Morgan fingerprint density at radius 1 is 1.26 bits per heavy atom. The predicted octanol–water partition coefficient (Wildman–Crippen LogP) is 1.59. The van der Waals surface area contributed by atoms with Crippen molar-refractivity contribution < 1.29 is 17.6 Å². The lowest BCUT2D eigenvalue weighted by Crippen LogP contribution is -2.56. The van der Waals surface area contributed by atoms with Crippen molar-refractivity contribution in [2.24, 2.45) is 0 Å². The van der Waals surface area contributed by atoms with Crippen LogP contribution in [0.3, 0.4) is 0 Å². The van der Waals surface area contributed by atoms with E-state index in [1.807, 2.05) is 13.8 Å². The van der Waals surface area contributed by atoms with E-state index in [0.717, 1.165) is 12.1 Å². The topological polar surface area (TPSA) is 66.5 Å². The summed E-state index contributed by atoms with van der Waals surface area (Å²) in [4.78, 5) is 14.2. The van der Waals surface area contributed by atoms with Crippen LogP contribution in [0, 0.1) is 5.82 Å². The van der Waals surface area contributed by atoms with Crippen molar-refractivity contribution in [2.75, 3.05) is 13.1 Å². The fraction of sp³-hybridized carbons (Fsp3) is 0.562. The Labute approximate surface area is 136 Å². The first-order chi connectivity index (χ1) is 10.7. The molecule has 1 aliphatic heterocycles. The Kier molecular flexibility index (Phi) is 5.41. The Bertz CT molecular complexity index is 650. The zero-order valence-electron chi connectivity index (χ0n) is 13.6. The number of hydrogen-bond acceptors (Lipinski definition) is 4. The van der Waals surface area contributed by atoms with Gasteiger partial charge in [0, 0.05) is 31.6 Å². The number of sulfone groups is 1. The third kappa shape index (κ3) is 4.29. The molecule has 0 saturated carbocycles. The Hall–Kier alpha value is -1.47. The fourth-order valence-electron chi connectivity index (χ4n) is 2.87. The highest BCUT2D eigenvalue weighted by Crippen LogP contribution is 2.20. The van der Waals surface area contributed by atoms with Gasteiger partial charge in [0.05, 0.1) is 10.1 Å². The van der Waals surface area contributed by atoms with Gasteiger partial charge in [0.1, 0.15) is 5.82 Å². The summed E-state index contributed by atoms with van der Waals surface area (Å²) >= 11 is 0. The first-order valence-electron chi connectivity index (χ1n) is 7.73. The molecule has 0 spiro atoms. The molecule has 0 aromatic heterocycles. The zero-order chi connectivity index (χ0) is 17.2. The third-order valence-electron chi connectivity index (χ3n) is 4.04. The molecular weight excluding hydrogens is 319 g/mol. The van der Waals surface area contributed by atoms with Crippen LogP contribution in [0.1, 0.15) is 27.2 Å². The molecule has 1 aliphatic rings. The number of carbonyl (C=O) groups is 1. The number of hydrogen-bond donors (Lipinski definition) is 1. The molecule has 23 heavy (non-hydrogen) atoms. The van der Waals surface area contributed by atoms with Gasteiger partial charge in [-0.2, -0.15) is 0 Å². The standard InChI is InChI=1S/C16H23FN2O3S/c1-11-9-19(10-12(2)18-11)16(20)8-13(3)23(21,22)15-6-4-14(17)5-7-15/h4-7,11-13,18H,8-10H2,1-3H3/t11-,12-,13-/m1/s1. The van der Waals surface area contributed by atoms with Gasteiger partial charge in [0.2, 0.25) is 5.91 Å². The van der Waals surface area contributed by atoms with Crippen molar-refractivity contribution in [3.8, 4) is 0 Å². The minimum absolute atomic E-state index is 0.0428. The summed E-state index contributed by atoms with van der Waals surface area (Å²) in [7, 11) is -3.65. The van der Waals surface area contributed by atoms with Gasteiger partial charge < -0.3 is 10.2 Å². The number of piperazine rings is 1. The molecule has 1 fully saturated rings. The molecule has 1 N–H and O–H groups in total. The van der Waals surface area contributed by atoms with E-state index in [4.69, 9.17) is 0 Å². The number of rotatable bonds is 4. The molecule has 1 aromatic carbocycles. The molecule has 2 rings (SSSR count). The maximum atomic E-state index is 12.9. The molecule has 1 aromatic rings. The minimum atomic E-state index is -3.65. The third-order valence-corrected chi connectivity index (χ3v) is 6.20. The monoisotopic (exact) mass is 342 g/mol. The number of nitrogens with zero attached hydrogens (tertiary/aromatic N) is 1. The Morgan fingerprint density at radius 3 is 2.30 bits per heavy atom. The SMILES string of the molecule is C[C@@H]1CN(C(=O)C[C@@H](C)S(=O)(=O)c2ccc(F)cc2)C[C@@H](C)N1. The predicted molar refractivity (Wildman–Crippen MR) is 86.3 cm³/mol. The first-order valence-corrected chi connectivity index (χ1v) is 9.28. The summed E-state index contributed by atoms with van der Waals surface area (Å²) in [6, 6.07) is 5.07. The lowest BCUT2D eigenvalue weighted by atomic mass is 10.1. The van der Waals surface area contributed by atoms with Gasteiger partial charge in [-0.1, -0.05) is 0 Å². The summed E-state index contributed by atoms with van der Waals surface area (Å²) in [6.07, 6.45) is -0.0703. The van der Waals surface area contributed by atoms with Crippen molar-refractivity contribution in [3.05, 3.63) is 30.1 Å². The fourth-order valence-corrected chi connectivity index (χ4v) is 4.21. The normalized spacial score (nSPS) is 23.6. The lowest BCUT2D eigenvalue weighted by molar-refractivity contribution is -0.132. The van der Waals surface area contributed by atoms with Crippen LogP contribution in [0.25, 0.3) is 0 Å². The maximum absolute atomic E-state index is 12.9. The lowest BCUT2D eigenvalue weighted by Gasteiger charge is -2.36. The van der Waals surface area contributed by atoms with Crippen LogP contribution in [-0.2, 0) is 14.6 Å². The van der Waals surface area contributed by atoms with Crippen molar-refractivity contribution in [1.29, 1.82) is 0 Å². The summed E-state index contributed by atoms with van der Waals surface area (Å²) in [6.45, 7) is 6.66. The number of benzene rings is 1. The molecule has 1 saturated heterocycles. The van der Waals surface area contributed by atoms with E-state index in [1.54, 1.807) is 4.90 Å². The second kappa shape index (κ2) is 6.97. The largest absolute Gasteiger partial charge is 0.340 e. The summed E-state index contributed by atoms with van der Waals surface area (Å²) in [5.74, 6) is -0.653. The van der Waals surface area contributed by atoms with Crippen molar-refractivity contribution in [1.82, 2.24) is 10.2 Å². The minimum Gasteiger partial charge on any atom is -0.340 e. The smallest absolute Gasteiger partial charge is 0.223 e. The molecule has 0 unspecified atom stereocenters. The number of halogens is 1. The molecule has 7 heteroatoms. The van der Waals surface area contributed by atoms with Crippen LogP contribution in [0.5, 0.6) is 0 Å². The maximum Gasteiger partial charge on any atom is 0.223 e. The number of carbonyl (C=O) groups excluding carboxylic acids is 1. The van der Waals surface area contributed by atoms with Crippen LogP contribution in [0.4, 0.5) is 4.39 Å². The van der Waals surface area contributed by atoms with E-state index in [2.05, 4.69) is 5.32 Å². The highest BCUT2D eigenvalue weighted by molar-refractivity contribution is 7.92. The summed E-state index contributed by atoms with van der Waals surface area (Å²) in [5, 5.41) is 2.48. The van der Waals surface area contributed by atoms with Crippen LogP contribution >= 0.6 is 0 Å². The van der Waals surface area contributed by atoms with E-state index < -0.39 is 20.9 Å². The average Bonchev–Trinajstić information content (AvgIpc) is 2.46. The molecule has 5 nitrogen and oxygen atoms in total. The summed E-state index contributed by atoms with van der Waals surface area (Å²) < 4.78 is 37.9. The van der Waals surface area contributed by atoms with Gasteiger partial charge in [-0.05, 0) is 45.0 Å². The average molecular weight is 342 g/mol. The van der Waals surface area contributed by atoms with Crippen LogP contribution in [-0.4, -0.2) is 49.6 Å². The zero-order valence-corrected chi connectivity index (χ0v) is 14.4. The van der Waals surface area contributed by atoms with Crippen molar-refractivity contribution in [3.63, 3.8) is 0 Å². The molecule has 0 aliphatic carbocycles. The number of nitrogens with one attached hydrogen (secondary N) is 1. The van der Waals surface area contributed by atoms with Gasteiger partial charge >= 0.3 is 0 Å². The van der Waals surface area contributed by atoms with Gasteiger partial charge in [0.25, 0.3) is 0 Å². The quantitative estimate of drug-likeness (QED) is 0.844. The van der Waals surface area contributed by atoms with E-state index in [0.29, 0.717) is 13.1 Å². The van der Waals surface area contributed by atoms with Crippen LogP contribution < -0.4 is 5.32 Å². The second-order valence-corrected chi connectivity index (χ2v) is 8.65. The number of amides is 1. The molecule has 1 amide bonds. The highest BCUT2D eigenvalue weighted by atomic mass is 32.2. The van der Waals surface area contributed by atoms with E-state index in [9.17, 15) is 17.6 Å². The van der Waals surface area contributed by atoms with Crippen molar-refractivity contribution >= 4 is 15.7 Å². The molecule has 0 radical (unpaired) electrons. The van der Waals surface area contributed by atoms with Crippen LogP contribution in [0.15, 0.2) is 29.2 Å². The second-order valence-electron chi connectivity index (χ2n) is 6.28. The highest BCUT2D eigenvalue weighted by Gasteiger charge is 2.30. The van der Waals surface area contributed by atoms with Gasteiger partial charge in [-0.25, -0.2) is 12.8 Å². The molecule has 128 valence electrons. The molecule has 1 heterocycles. The van der Waals surface area contributed by atoms with Gasteiger partial charge in [-0.15, -0.1) is 0 Å². The van der Waals surface area contributed by atoms with Crippen LogP contribution in [0.2, 0.25) is 0 Å². The van der Waals surface area contributed by atoms with Gasteiger partial charge in [0.15, 0.2) is 9.84 Å². The molecule has 3 atom stereocenters. The van der Waals surface area contributed by atoms with E-state index in [-0.39, 0.29) is 29.3 Å². The molecule has 0 bridgehead atoms. The summed E-state index contributed by atoms with van der Waals surface area (Å²) in [5.41, 5.74) is 0. The Morgan fingerprint density at radius 2 is 1.78 bits per heavy atom. The first kappa shape index (κ1) is 17.9. The van der Waals surface area contributed by atoms with E-state index >= 15 is 0 Å². The van der Waals surface area contributed by atoms with E-state index in [1.165, 1.54) is 19.1 Å². The molecular formula is C16H23FN2O3S.